The van der Waals surface area contributed by atoms with Crippen molar-refractivity contribution in [2.24, 2.45) is 11.8 Å². The molecular weight excluding hydrogens is 400 g/mol. The molecule has 1 saturated carbocycles. The van der Waals surface area contributed by atoms with Crippen LogP contribution < -0.4 is 0 Å². The van der Waals surface area contributed by atoms with E-state index in [4.69, 9.17) is 0 Å². The monoisotopic (exact) mass is 426 g/mol. The second-order valence-electron chi connectivity index (χ2n) is 8.85. The molecule has 162 valence electrons. The molecule has 3 aromatic carbocycles. The molecule has 4 rings (SSSR count). The van der Waals surface area contributed by atoms with E-state index in [0.717, 1.165) is 5.56 Å². The van der Waals surface area contributed by atoms with Crippen LogP contribution in [0.15, 0.2) is 84.9 Å². The SMILES string of the molecule is Cc1ccc([C@H]2[C@@H](C(=O)c3ccccc3)C(=O)C[C@@](C)(O)[C@@H]2C(=O)c2ccccc2)cc1. The van der Waals surface area contributed by atoms with E-state index in [1.165, 1.54) is 6.92 Å². The van der Waals surface area contributed by atoms with Crippen molar-refractivity contribution in [2.45, 2.75) is 31.8 Å². The van der Waals surface area contributed by atoms with Crippen LogP contribution in [0.2, 0.25) is 0 Å². The number of ketones is 3. The van der Waals surface area contributed by atoms with Gasteiger partial charge in [-0.25, -0.2) is 0 Å². The van der Waals surface area contributed by atoms with Crippen molar-refractivity contribution in [3.05, 3.63) is 107 Å². The van der Waals surface area contributed by atoms with Crippen molar-refractivity contribution in [3.63, 3.8) is 0 Å². The lowest BCUT2D eigenvalue weighted by Gasteiger charge is -2.45. The van der Waals surface area contributed by atoms with Gasteiger partial charge in [0.2, 0.25) is 0 Å². The minimum Gasteiger partial charge on any atom is -0.389 e. The number of carbonyl (C=O) groups is 3. The van der Waals surface area contributed by atoms with Crippen LogP contribution in [0.3, 0.4) is 0 Å². The number of carbonyl (C=O) groups excluding carboxylic acids is 3. The van der Waals surface area contributed by atoms with Crippen molar-refractivity contribution in [1.29, 1.82) is 0 Å². The quantitative estimate of drug-likeness (QED) is 0.470. The Morgan fingerprint density at radius 2 is 1.31 bits per heavy atom. The number of hydrogen-bond donors (Lipinski definition) is 1. The normalized spacial score (nSPS) is 25.3. The smallest absolute Gasteiger partial charge is 0.173 e. The van der Waals surface area contributed by atoms with Crippen molar-refractivity contribution < 1.29 is 19.5 Å². The lowest BCUT2D eigenvalue weighted by molar-refractivity contribution is -0.134. The molecule has 1 aliphatic carbocycles. The molecule has 0 unspecified atom stereocenters. The highest BCUT2D eigenvalue weighted by molar-refractivity contribution is 6.13. The summed E-state index contributed by atoms with van der Waals surface area (Å²) in [7, 11) is 0. The van der Waals surface area contributed by atoms with Crippen LogP contribution in [0.5, 0.6) is 0 Å². The van der Waals surface area contributed by atoms with Gasteiger partial charge in [-0.2, -0.15) is 0 Å². The summed E-state index contributed by atoms with van der Waals surface area (Å²) >= 11 is 0. The third-order valence-electron chi connectivity index (χ3n) is 6.41. The molecule has 1 aliphatic rings. The van der Waals surface area contributed by atoms with Gasteiger partial charge >= 0.3 is 0 Å². The highest BCUT2D eigenvalue weighted by Gasteiger charge is 2.55. The van der Waals surface area contributed by atoms with Gasteiger partial charge in [0.1, 0.15) is 5.78 Å². The van der Waals surface area contributed by atoms with Gasteiger partial charge in [-0.15, -0.1) is 0 Å². The summed E-state index contributed by atoms with van der Waals surface area (Å²) in [4.78, 5) is 40.5. The molecule has 0 spiro atoms. The molecule has 32 heavy (non-hydrogen) atoms. The zero-order valence-electron chi connectivity index (χ0n) is 18.2. The maximum absolute atomic E-state index is 13.7. The van der Waals surface area contributed by atoms with Gasteiger partial charge in [0, 0.05) is 23.5 Å². The van der Waals surface area contributed by atoms with E-state index in [1.807, 2.05) is 43.3 Å². The number of Topliss-reactive ketones (excluding diaryl/α,β-unsaturated/α-hetero) is 3. The Kier molecular flexibility index (Phi) is 5.90. The summed E-state index contributed by atoms with van der Waals surface area (Å²) in [5.41, 5.74) is 1.03. The van der Waals surface area contributed by atoms with E-state index >= 15 is 0 Å². The highest BCUT2D eigenvalue weighted by Crippen LogP contribution is 2.48. The summed E-state index contributed by atoms with van der Waals surface area (Å²) in [6.45, 7) is 3.48. The largest absolute Gasteiger partial charge is 0.389 e. The molecule has 0 aromatic heterocycles. The predicted molar refractivity (Wildman–Crippen MR) is 123 cm³/mol. The summed E-state index contributed by atoms with van der Waals surface area (Å²) in [6, 6.07) is 24.9. The Labute approximate surface area is 187 Å². The summed E-state index contributed by atoms with van der Waals surface area (Å²) in [5.74, 6) is -3.68. The van der Waals surface area contributed by atoms with Gasteiger partial charge in [-0.3, -0.25) is 14.4 Å². The average molecular weight is 427 g/mol. The van der Waals surface area contributed by atoms with E-state index in [0.29, 0.717) is 16.7 Å². The van der Waals surface area contributed by atoms with Crippen LogP contribution in [0.4, 0.5) is 0 Å². The van der Waals surface area contributed by atoms with Crippen LogP contribution in [0.25, 0.3) is 0 Å². The molecule has 0 heterocycles. The molecule has 4 nitrogen and oxygen atoms in total. The standard InChI is InChI=1S/C28H26O4/c1-18-13-15-19(16-14-18)23-24(26(30)20-9-5-3-6-10-20)22(29)17-28(2,32)25(23)27(31)21-11-7-4-8-12-21/h3-16,23-25,32H,17H2,1-2H3/t23-,24-,25-,28+/m0/s1. The number of aryl methyl sites for hydroxylation is 1. The Morgan fingerprint density at radius 1 is 0.812 bits per heavy atom. The fraction of sp³-hybridized carbons (Fsp3) is 0.250. The summed E-state index contributed by atoms with van der Waals surface area (Å²) < 4.78 is 0. The van der Waals surface area contributed by atoms with Crippen LogP contribution in [0, 0.1) is 18.8 Å². The fourth-order valence-corrected chi connectivity index (χ4v) is 4.84. The molecule has 0 radical (unpaired) electrons. The first-order valence-corrected chi connectivity index (χ1v) is 10.8. The second-order valence-corrected chi connectivity index (χ2v) is 8.85. The zero-order chi connectivity index (χ0) is 22.9. The van der Waals surface area contributed by atoms with E-state index in [-0.39, 0.29) is 23.8 Å². The first-order valence-electron chi connectivity index (χ1n) is 10.8. The van der Waals surface area contributed by atoms with Crippen molar-refractivity contribution >= 4 is 17.3 Å². The molecule has 1 fully saturated rings. The van der Waals surface area contributed by atoms with Gasteiger partial charge < -0.3 is 5.11 Å². The maximum atomic E-state index is 13.7. The van der Waals surface area contributed by atoms with E-state index in [9.17, 15) is 19.5 Å². The van der Waals surface area contributed by atoms with Crippen molar-refractivity contribution in [3.8, 4) is 0 Å². The zero-order valence-corrected chi connectivity index (χ0v) is 18.2. The Morgan fingerprint density at radius 3 is 1.84 bits per heavy atom. The molecule has 3 aromatic rings. The molecular formula is C28H26O4. The highest BCUT2D eigenvalue weighted by atomic mass is 16.3. The Hall–Kier alpha value is -3.37. The van der Waals surface area contributed by atoms with Gasteiger partial charge in [0.15, 0.2) is 11.6 Å². The number of rotatable bonds is 5. The lowest BCUT2D eigenvalue weighted by atomic mass is 9.58. The first kappa shape index (κ1) is 21.8. The molecule has 0 saturated heterocycles. The minimum absolute atomic E-state index is 0.248. The molecule has 1 N–H and O–H groups in total. The predicted octanol–water partition coefficient (Wildman–Crippen LogP) is 4.80. The summed E-state index contributed by atoms with van der Waals surface area (Å²) in [5, 5.41) is 11.3. The van der Waals surface area contributed by atoms with Gasteiger partial charge in [0.25, 0.3) is 0 Å². The number of benzene rings is 3. The Balaban J connectivity index is 1.89. The number of aliphatic hydroxyl groups is 1. The van der Waals surface area contributed by atoms with Gasteiger partial charge in [-0.05, 0) is 19.4 Å². The van der Waals surface area contributed by atoms with Crippen molar-refractivity contribution in [1.82, 2.24) is 0 Å². The number of hydrogen-bond acceptors (Lipinski definition) is 4. The average Bonchev–Trinajstić information content (AvgIpc) is 2.79. The van der Waals surface area contributed by atoms with Gasteiger partial charge in [0.05, 0.1) is 17.4 Å². The van der Waals surface area contributed by atoms with Gasteiger partial charge in [-0.1, -0.05) is 90.5 Å². The van der Waals surface area contributed by atoms with Crippen LogP contribution in [0.1, 0.15) is 51.1 Å². The van der Waals surface area contributed by atoms with Crippen molar-refractivity contribution in [2.75, 3.05) is 0 Å². The molecule has 0 aliphatic heterocycles. The molecule has 0 amide bonds. The second kappa shape index (κ2) is 8.64. The summed E-state index contributed by atoms with van der Waals surface area (Å²) in [6.07, 6.45) is -0.248. The minimum atomic E-state index is -1.58. The van der Waals surface area contributed by atoms with E-state index in [2.05, 4.69) is 0 Å². The molecule has 4 heteroatoms. The van der Waals surface area contributed by atoms with Crippen LogP contribution >= 0.6 is 0 Å². The fourth-order valence-electron chi connectivity index (χ4n) is 4.84. The molecule has 4 atom stereocenters. The topological polar surface area (TPSA) is 71.4 Å². The van der Waals surface area contributed by atoms with Crippen LogP contribution in [-0.4, -0.2) is 28.1 Å². The lowest BCUT2D eigenvalue weighted by Crippen LogP contribution is -2.54. The van der Waals surface area contributed by atoms with Crippen LogP contribution in [-0.2, 0) is 4.79 Å². The third kappa shape index (κ3) is 4.06. The van der Waals surface area contributed by atoms with E-state index in [1.54, 1.807) is 48.5 Å². The maximum Gasteiger partial charge on any atom is 0.173 e. The first-order chi connectivity index (χ1) is 15.3. The van der Waals surface area contributed by atoms with E-state index < -0.39 is 23.4 Å². The Bertz CT molecular complexity index is 1130. The molecule has 0 bridgehead atoms. The third-order valence-corrected chi connectivity index (χ3v) is 6.41.